The smallest absolute Gasteiger partial charge is 0.249 e. The lowest BCUT2D eigenvalue weighted by molar-refractivity contribution is 0.100. The van der Waals surface area contributed by atoms with Crippen molar-refractivity contribution in [1.29, 1.82) is 0 Å². The van der Waals surface area contributed by atoms with Gasteiger partial charge in [-0.15, -0.1) is 0 Å². The van der Waals surface area contributed by atoms with Gasteiger partial charge in [-0.1, -0.05) is 61.3 Å². The Hall–Kier alpha value is -2.49. The molecule has 0 unspecified atom stereocenters. The lowest BCUT2D eigenvalue weighted by atomic mass is 10.00. The summed E-state index contributed by atoms with van der Waals surface area (Å²) >= 11 is 12.9. The monoisotopic (exact) mass is 410 g/mol. The minimum atomic E-state index is -0.437. The summed E-state index contributed by atoms with van der Waals surface area (Å²) in [6.07, 6.45) is 0. The second kappa shape index (κ2) is 7.16. The average Bonchev–Trinajstić information content (AvgIpc) is 2.97. The fraction of sp³-hybridized carbons (Fsp3) is 0.174. The molecule has 4 rings (SSSR count). The van der Waals surface area contributed by atoms with Gasteiger partial charge in [0.2, 0.25) is 5.91 Å². The van der Waals surface area contributed by atoms with E-state index in [2.05, 4.69) is 36.6 Å². The Balaban J connectivity index is 2.08. The highest BCUT2D eigenvalue weighted by molar-refractivity contribution is 6.36. The van der Waals surface area contributed by atoms with Crippen molar-refractivity contribution in [2.75, 3.05) is 0 Å². The second-order valence-corrected chi connectivity index (χ2v) is 8.10. The number of carbonyl (C=O) groups is 1. The third-order valence-electron chi connectivity index (χ3n) is 5.23. The summed E-state index contributed by atoms with van der Waals surface area (Å²) in [5.41, 5.74) is 10.2. The normalized spacial score (nSPS) is 11.6. The van der Waals surface area contributed by atoms with Crippen molar-refractivity contribution in [1.82, 2.24) is 4.57 Å². The highest BCUT2D eigenvalue weighted by Gasteiger charge is 2.18. The number of carbonyl (C=O) groups excluding carboxylic acids is 1. The zero-order chi connectivity index (χ0) is 20.0. The Bertz CT molecular complexity index is 1200. The van der Waals surface area contributed by atoms with Gasteiger partial charge in [-0.3, -0.25) is 4.79 Å². The maximum Gasteiger partial charge on any atom is 0.249 e. The molecule has 0 spiro atoms. The summed E-state index contributed by atoms with van der Waals surface area (Å²) in [5.74, 6) is -0.0521. The Labute approximate surface area is 173 Å². The van der Waals surface area contributed by atoms with Crippen LogP contribution >= 0.6 is 23.2 Å². The van der Waals surface area contributed by atoms with Gasteiger partial charge in [0.05, 0.1) is 12.1 Å². The molecule has 2 N–H and O–H groups in total. The summed E-state index contributed by atoms with van der Waals surface area (Å²) < 4.78 is 2.16. The van der Waals surface area contributed by atoms with Gasteiger partial charge >= 0.3 is 0 Å². The van der Waals surface area contributed by atoms with E-state index in [1.54, 1.807) is 6.07 Å². The average molecular weight is 411 g/mol. The predicted molar refractivity (Wildman–Crippen MR) is 118 cm³/mol. The number of benzene rings is 3. The standard InChI is InChI=1S/C23H20Cl2N2O/c1-13(2)14-9-10-15-21(11-14)27(12-17-18(24)6-4-7-19(17)25)20-8-3-5-16(22(15)20)23(26)28/h3-11,13H,12H2,1-2H3,(H2,26,28). The van der Waals surface area contributed by atoms with Crippen LogP contribution in [-0.4, -0.2) is 10.5 Å². The number of rotatable bonds is 4. The lowest BCUT2D eigenvalue weighted by Crippen LogP contribution is -2.11. The van der Waals surface area contributed by atoms with Crippen LogP contribution in [0.2, 0.25) is 10.0 Å². The van der Waals surface area contributed by atoms with Crippen molar-refractivity contribution < 1.29 is 4.79 Å². The molecule has 0 aliphatic heterocycles. The van der Waals surface area contributed by atoms with Crippen molar-refractivity contribution in [3.8, 4) is 0 Å². The van der Waals surface area contributed by atoms with Crippen LogP contribution in [0.3, 0.4) is 0 Å². The molecular weight excluding hydrogens is 391 g/mol. The highest BCUT2D eigenvalue weighted by atomic mass is 35.5. The van der Waals surface area contributed by atoms with Gasteiger partial charge in [-0.2, -0.15) is 0 Å². The minimum absolute atomic E-state index is 0.385. The lowest BCUT2D eigenvalue weighted by Gasteiger charge is -2.12. The Kier molecular flexibility index (Phi) is 4.82. The fourth-order valence-electron chi connectivity index (χ4n) is 3.74. The SMILES string of the molecule is CC(C)c1ccc2c3c(C(N)=O)cccc3n(Cc3c(Cl)cccc3Cl)c2c1. The maximum absolute atomic E-state index is 12.1. The first-order chi connectivity index (χ1) is 13.4. The molecule has 1 amide bonds. The van der Waals surface area contributed by atoms with E-state index >= 15 is 0 Å². The van der Waals surface area contributed by atoms with Gasteiger partial charge in [-0.25, -0.2) is 0 Å². The number of hydrogen-bond acceptors (Lipinski definition) is 1. The van der Waals surface area contributed by atoms with Gasteiger partial charge in [0, 0.05) is 37.5 Å². The molecule has 0 fully saturated rings. The number of primary amides is 1. The number of fused-ring (bicyclic) bond motifs is 3. The van der Waals surface area contributed by atoms with Crippen LogP contribution in [0.1, 0.15) is 41.3 Å². The molecule has 3 nitrogen and oxygen atoms in total. The molecular formula is C23H20Cl2N2O. The maximum atomic E-state index is 12.1. The predicted octanol–water partition coefficient (Wildman–Crippen LogP) is 6.37. The van der Waals surface area contributed by atoms with Gasteiger partial charge < -0.3 is 10.3 Å². The van der Waals surface area contributed by atoms with E-state index in [0.29, 0.717) is 28.1 Å². The van der Waals surface area contributed by atoms with Crippen LogP contribution in [0.25, 0.3) is 21.8 Å². The van der Waals surface area contributed by atoms with E-state index in [-0.39, 0.29) is 0 Å². The molecule has 0 saturated heterocycles. The largest absolute Gasteiger partial charge is 0.366 e. The number of hydrogen-bond donors (Lipinski definition) is 1. The van der Waals surface area contributed by atoms with E-state index in [0.717, 1.165) is 27.4 Å². The molecule has 3 aromatic carbocycles. The summed E-state index contributed by atoms with van der Waals surface area (Å²) in [6, 6.07) is 17.5. The fourth-order valence-corrected chi connectivity index (χ4v) is 4.25. The number of aromatic nitrogens is 1. The van der Waals surface area contributed by atoms with Crippen LogP contribution in [0, 0.1) is 0 Å². The first kappa shape index (κ1) is 18.9. The number of nitrogens with zero attached hydrogens (tertiary/aromatic N) is 1. The third-order valence-corrected chi connectivity index (χ3v) is 5.93. The Morgan fingerprint density at radius 1 is 1.00 bits per heavy atom. The molecule has 0 saturated carbocycles. The first-order valence-electron chi connectivity index (χ1n) is 9.16. The quantitative estimate of drug-likeness (QED) is 0.417. The Morgan fingerprint density at radius 2 is 1.68 bits per heavy atom. The van der Waals surface area contributed by atoms with Crippen LogP contribution in [0.5, 0.6) is 0 Å². The van der Waals surface area contributed by atoms with E-state index in [4.69, 9.17) is 28.9 Å². The van der Waals surface area contributed by atoms with Gasteiger partial charge in [0.1, 0.15) is 0 Å². The molecule has 4 aromatic rings. The summed E-state index contributed by atoms with van der Waals surface area (Å²) in [4.78, 5) is 12.1. The topological polar surface area (TPSA) is 48.0 Å². The van der Waals surface area contributed by atoms with Gasteiger partial charge in [0.15, 0.2) is 0 Å². The van der Waals surface area contributed by atoms with Crippen molar-refractivity contribution in [3.05, 3.63) is 81.3 Å². The van der Waals surface area contributed by atoms with Crippen LogP contribution in [-0.2, 0) is 6.54 Å². The second-order valence-electron chi connectivity index (χ2n) is 7.28. The van der Waals surface area contributed by atoms with Crippen LogP contribution in [0.15, 0.2) is 54.6 Å². The summed E-state index contributed by atoms with van der Waals surface area (Å²) in [5, 5.41) is 3.10. The summed E-state index contributed by atoms with van der Waals surface area (Å²) in [6.45, 7) is 4.82. The number of amides is 1. The van der Waals surface area contributed by atoms with E-state index < -0.39 is 5.91 Å². The Morgan fingerprint density at radius 3 is 2.32 bits per heavy atom. The number of nitrogens with two attached hydrogens (primary N) is 1. The minimum Gasteiger partial charge on any atom is -0.366 e. The van der Waals surface area contributed by atoms with Crippen LogP contribution in [0.4, 0.5) is 0 Å². The zero-order valence-electron chi connectivity index (χ0n) is 15.7. The highest BCUT2D eigenvalue weighted by Crippen LogP contribution is 2.35. The summed E-state index contributed by atoms with van der Waals surface area (Å²) in [7, 11) is 0. The molecule has 0 bridgehead atoms. The number of halogens is 2. The molecule has 0 atom stereocenters. The molecule has 1 aromatic heterocycles. The van der Waals surface area contributed by atoms with Crippen molar-refractivity contribution in [2.45, 2.75) is 26.3 Å². The van der Waals surface area contributed by atoms with Crippen LogP contribution < -0.4 is 5.73 Å². The molecule has 1 heterocycles. The first-order valence-corrected chi connectivity index (χ1v) is 9.91. The molecule has 0 aliphatic rings. The van der Waals surface area contributed by atoms with Gasteiger partial charge in [-0.05, 0) is 41.8 Å². The van der Waals surface area contributed by atoms with Crippen molar-refractivity contribution in [2.24, 2.45) is 5.73 Å². The van der Waals surface area contributed by atoms with E-state index in [1.807, 2.05) is 30.3 Å². The zero-order valence-corrected chi connectivity index (χ0v) is 17.2. The van der Waals surface area contributed by atoms with E-state index in [1.165, 1.54) is 5.56 Å². The molecule has 142 valence electrons. The molecule has 28 heavy (non-hydrogen) atoms. The molecule has 5 heteroatoms. The van der Waals surface area contributed by atoms with Gasteiger partial charge in [0.25, 0.3) is 0 Å². The third kappa shape index (κ3) is 3.05. The van der Waals surface area contributed by atoms with Crippen molar-refractivity contribution >= 4 is 50.9 Å². The van der Waals surface area contributed by atoms with E-state index in [9.17, 15) is 4.79 Å². The van der Waals surface area contributed by atoms with Crippen molar-refractivity contribution in [3.63, 3.8) is 0 Å². The molecule has 0 aliphatic carbocycles. The molecule has 0 radical (unpaired) electrons.